The molecule has 1 aromatic heterocycles. The molecule has 0 bridgehead atoms. The Bertz CT molecular complexity index is 956. The average molecular weight is 358 g/mol. The molecular formula is C18H20N3O5-. The monoisotopic (exact) mass is 358 g/mol. The summed E-state index contributed by atoms with van der Waals surface area (Å²) in [5.74, 6) is -1.78. The van der Waals surface area contributed by atoms with Crippen molar-refractivity contribution in [1.29, 1.82) is 0 Å². The van der Waals surface area contributed by atoms with E-state index in [0.29, 0.717) is 12.1 Å². The van der Waals surface area contributed by atoms with E-state index in [1.165, 1.54) is 18.2 Å². The van der Waals surface area contributed by atoms with Gasteiger partial charge in [-0.25, -0.2) is 4.79 Å². The highest BCUT2D eigenvalue weighted by Crippen LogP contribution is 2.20. The molecule has 0 radical (unpaired) electrons. The summed E-state index contributed by atoms with van der Waals surface area (Å²) in [6, 6.07) is 5.75. The van der Waals surface area contributed by atoms with E-state index in [-0.39, 0.29) is 29.8 Å². The first-order chi connectivity index (χ1) is 12.4. The fourth-order valence-electron chi connectivity index (χ4n) is 2.51. The predicted molar refractivity (Wildman–Crippen MR) is 95.2 cm³/mol. The molecule has 0 amide bonds. The Balaban J connectivity index is 2.60. The van der Waals surface area contributed by atoms with Crippen LogP contribution in [0.25, 0.3) is 0 Å². The lowest BCUT2D eigenvalue weighted by Gasteiger charge is -2.12. The van der Waals surface area contributed by atoms with Crippen LogP contribution in [0.1, 0.15) is 49.0 Å². The van der Waals surface area contributed by atoms with Crippen molar-refractivity contribution in [3.63, 3.8) is 0 Å². The van der Waals surface area contributed by atoms with Gasteiger partial charge in [-0.1, -0.05) is 32.4 Å². The Morgan fingerprint density at radius 2 is 2.04 bits per heavy atom. The van der Waals surface area contributed by atoms with Gasteiger partial charge in [-0.15, -0.1) is 0 Å². The Labute approximate surface area is 149 Å². The fourth-order valence-corrected chi connectivity index (χ4v) is 2.51. The number of aromatic hydroxyl groups is 1. The normalized spacial score (nSPS) is 11.5. The van der Waals surface area contributed by atoms with Crippen molar-refractivity contribution < 1.29 is 15.0 Å². The van der Waals surface area contributed by atoms with Crippen LogP contribution in [-0.2, 0) is 6.54 Å². The van der Waals surface area contributed by atoms with Crippen molar-refractivity contribution in [2.24, 2.45) is 4.99 Å². The van der Waals surface area contributed by atoms with E-state index in [2.05, 4.69) is 9.98 Å². The van der Waals surface area contributed by atoms with E-state index in [0.717, 1.165) is 11.0 Å². The van der Waals surface area contributed by atoms with Crippen molar-refractivity contribution >= 4 is 17.4 Å². The molecule has 0 spiro atoms. The zero-order chi connectivity index (χ0) is 19.3. The zero-order valence-corrected chi connectivity index (χ0v) is 14.6. The predicted octanol–water partition coefficient (Wildman–Crippen LogP) is 0.937. The van der Waals surface area contributed by atoms with E-state index >= 15 is 0 Å². The summed E-state index contributed by atoms with van der Waals surface area (Å²) in [5, 5.41) is 21.4. The van der Waals surface area contributed by atoms with Crippen molar-refractivity contribution in [2.45, 2.75) is 39.7 Å². The van der Waals surface area contributed by atoms with Crippen LogP contribution in [0.2, 0.25) is 0 Å². The van der Waals surface area contributed by atoms with Gasteiger partial charge in [0.05, 0.1) is 17.4 Å². The van der Waals surface area contributed by atoms with Crippen LogP contribution >= 0.6 is 0 Å². The molecule has 0 unspecified atom stereocenters. The van der Waals surface area contributed by atoms with E-state index < -0.39 is 23.1 Å². The number of nitrogens with zero attached hydrogens (tertiary/aromatic N) is 2. The molecule has 26 heavy (non-hydrogen) atoms. The molecule has 2 N–H and O–H groups in total. The number of carbonyl (C=O) groups excluding carboxylic acids is 1. The molecule has 0 atom stereocenters. The molecule has 0 saturated carbocycles. The third-order valence-corrected chi connectivity index (χ3v) is 3.88. The van der Waals surface area contributed by atoms with Crippen molar-refractivity contribution in [3.8, 4) is 5.88 Å². The van der Waals surface area contributed by atoms with Crippen molar-refractivity contribution in [1.82, 2.24) is 9.55 Å². The minimum absolute atomic E-state index is 0.0484. The molecule has 0 aliphatic heterocycles. The van der Waals surface area contributed by atoms with Gasteiger partial charge in [0.15, 0.2) is 0 Å². The summed E-state index contributed by atoms with van der Waals surface area (Å²) in [5.41, 5.74) is -1.02. The number of aliphatic imine (C=N–C) groups is 1. The van der Waals surface area contributed by atoms with E-state index in [1.807, 2.05) is 6.92 Å². The minimum Gasteiger partial charge on any atom is -0.545 e. The smallest absolute Gasteiger partial charge is 0.331 e. The highest BCUT2D eigenvalue weighted by atomic mass is 16.4. The number of aromatic amines is 1. The Morgan fingerprint density at radius 3 is 2.65 bits per heavy atom. The SMILES string of the molecule is CCCCn1c(O)c(C(CC)=Nc2cccc(C(=O)[O-])c2)c(=O)[nH]c1=O. The van der Waals surface area contributed by atoms with Crippen molar-refractivity contribution in [3.05, 3.63) is 56.2 Å². The molecule has 8 heteroatoms. The van der Waals surface area contributed by atoms with Gasteiger partial charge >= 0.3 is 5.69 Å². The molecule has 0 aliphatic carbocycles. The second kappa shape index (κ2) is 8.28. The molecule has 2 rings (SSSR count). The van der Waals surface area contributed by atoms with E-state index in [4.69, 9.17) is 0 Å². The van der Waals surface area contributed by atoms with Gasteiger partial charge < -0.3 is 15.0 Å². The molecule has 0 saturated heterocycles. The van der Waals surface area contributed by atoms with Gasteiger partial charge in [-0.05, 0) is 30.5 Å². The summed E-state index contributed by atoms with van der Waals surface area (Å²) in [4.78, 5) is 41.6. The standard InChI is InChI=1S/C18H21N3O5/c1-3-5-9-21-16(23)14(15(22)20-18(21)26)13(4-2)19-12-8-6-7-11(10-12)17(24)25/h6-8,10,23H,3-5,9H2,1-2H3,(H,24,25)(H,20,22,26)/p-1. The maximum absolute atomic E-state index is 12.2. The van der Waals surface area contributed by atoms with E-state index in [1.54, 1.807) is 13.0 Å². The Kier molecular flexibility index (Phi) is 6.11. The molecule has 8 nitrogen and oxygen atoms in total. The van der Waals surface area contributed by atoms with Gasteiger partial charge in [0, 0.05) is 6.54 Å². The number of carboxylic acids is 1. The number of benzene rings is 1. The van der Waals surface area contributed by atoms with Crippen LogP contribution in [0.4, 0.5) is 5.69 Å². The molecule has 2 aromatic rings. The van der Waals surface area contributed by atoms with Gasteiger partial charge in [-0.2, -0.15) is 0 Å². The number of hydrogen-bond donors (Lipinski definition) is 2. The molecule has 0 aliphatic rings. The Hall–Kier alpha value is -3.16. The number of hydrogen-bond acceptors (Lipinski definition) is 6. The lowest BCUT2D eigenvalue weighted by molar-refractivity contribution is -0.255. The third kappa shape index (κ3) is 4.08. The first-order valence-electron chi connectivity index (χ1n) is 8.34. The highest BCUT2D eigenvalue weighted by molar-refractivity contribution is 6.03. The maximum atomic E-state index is 12.2. The van der Waals surface area contributed by atoms with Crippen LogP contribution < -0.4 is 16.4 Å². The van der Waals surface area contributed by atoms with Crippen molar-refractivity contribution in [2.75, 3.05) is 0 Å². The molecule has 138 valence electrons. The number of carbonyl (C=O) groups is 1. The number of H-pyrrole nitrogens is 1. The average Bonchev–Trinajstić information content (AvgIpc) is 2.60. The fraction of sp³-hybridized carbons (Fsp3) is 0.333. The van der Waals surface area contributed by atoms with Crippen LogP contribution in [0.3, 0.4) is 0 Å². The van der Waals surface area contributed by atoms with Gasteiger partial charge in [0.2, 0.25) is 5.88 Å². The number of aromatic nitrogens is 2. The minimum atomic E-state index is -1.34. The van der Waals surface area contributed by atoms with E-state index in [9.17, 15) is 24.6 Å². The molecular weight excluding hydrogens is 338 g/mol. The number of rotatable bonds is 7. The zero-order valence-electron chi connectivity index (χ0n) is 14.6. The molecule has 0 fully saturated rings. The molecule has 1 aromatic carbocycles. The van der Waals surface area contributed by atoms with Crippen LogP contribution in [0.5, 0.6) is 5.88 Å². The molecule has 1 heterocycles. The second-order valence-corrected chi connectivity index (χ2v) is 5.71. The quantitative estimate of drug-likeness (QED) is 0.712. The van der Waals surface area contributed by atoms with Crippen LogP contribution in [0, 0.1) is 0 Å². The van der Waals surface area contributed by atoms with Crippen LogP contribution in [0.15, 0.2) is 38.8 Å². The Morgan fingerprint density at radius 1 is 1.31 bits per heavy atom. The highest BCUT2D eigenvalue weighted by Gasteiger charge is 2.18. The third-order valence-electron chi connectivity index (χ3n) is 3.88. The summed E-state index contributed by atoms with van der Waals surface area (Å²) < 4.78 is 1.10. The number of aromatic carboxylic acids is 1. The first-order valence-corrected chi connectivity index (χ1v) is 8.34. The lowest BCUT2D eigenvalue weighted by Crippen LogP contribution is -2.34. The largest absolute Gasteiger partial charge is 0.545 e. The van der Waals surface area contributed by atoms with Gasteiger partial charge in [0.1, 0.15) is 5.56 Å². The summed E-state index contributed by atoms with van der Waals surface area (Å²) in [7, 11) is 0. The first kappa shape index (κ1) is 19.2. The second-order valence-electron chi connectivity index (χ2n) is 5.71. The number of carboxylic acid groups (broad SMARTS) is 1. The number of unbranched alkanes of at least 4 members (excludes halogenated alkanes) is 1. The summed E-state index contributed by atoms with van der Waals surface area (Å²) in [6.45, 7) is 3.95. The van der Waals surface area contributed by atoms with Crippen LogP contribution in [-0.4, -0.2) is 26.3 Å². The topological polar surface area (TPSA) is 128 Å². The van der Waals surface area contributed by atoms with Gasteiger partial charge in [-0.3, -0.25) is 19.3 Å². The summed E-state index contributed by atoms with van der Waals surface area (Å²) in [6.07, 6.45) is 1.76. The van der Waals surface area contributed by atoms with Gasteiger partial charge in [0.25, 0.3) is 5.56 Å². The maximum Gasteiger partial charge on any atom is 0.331 e. The summed E-state index contributed by atoms with van der Waals surface area (Å²) >= 11 is 0. The lowest BCUT2D eigenvalue weighted by atomic mass is 10.1. The number of nitrogens with one attached hydrogen (secondary N) is 1.